The monoisotopic (exact) mass is 788 g/mol. The fraction of sp³-hybridized carbons (Fsp3) is 0.697. The van der Waals surface area contributed by atoms with Crippen LogP contribution in [0.25, 0.3) is 0 Å². The van der Waals surface area contributed by atoms with Crippen LogP contribution >= 0.6 is 12.6 Å². The van der Waals surface area contributed by atoms with Crippen molar-refractivity contribution in [2.75, 3.05) is 5.75 Å². The number of carbonyl (C=O) groups excluding carboxylic acids is 6. The van der Waals surface area contributed by atoms with E-state index >= 15 is 0 Å². The van der Waals surface area contributed by atoms with Crippen LogP contribution in [0.3, 0.4) is 0 Å². The Kier molecular flexibility index (Phi) is 20.6. The summed E-state index contributed by atoms with van der Waals surface area (Å²) >= 11 is 3.96. The lowest BCUT2D eigenvalue weighted by Gasteiger charge is -2.30. The first kappa shape index (κ1) is 47.1. The Morgan fingerprint density at radius 2 is 1.02 bits per heavy atom. The molecule has 0 aromatic heterocycles. The van der Waals surface area contributed by atoms with E-state index in [-0.39, 0.29) is 18.1 Å². The molecule has 21 heteroatoms. The van der Waals surface area contributed by atoms with Crippen molar-refractivity contribution in [3.63, 3.8) is 0 Å². The van der Waals surface area contributed by atoms with Crippen molar-refractivity contribution in [1.29, 1.82) is 0 Å². The van der Waals surface area contributed by atoms with Gasteiger partial charge in [0.15, 0.2) is 0 Å². The highest BCUT2D eigenvalue weighted by molar-refractivity contribution is 7.80. The maximum atomic E-state index is 13.7. The summed E-state index contributed by atoms with van der Waals surface area (Å²) in [5, 5.41) is 51.2. The first-order chi connectivity index (χ1) is 25.2. The molecule has 0 unspecified atom stereocenters. The molecule has 1 aliphatic rings. The highest BCUT2D eigenvalue weighted by Gasteiger charge is 2.35. The molecular formula is C33H52N6O14S. The van der Waals surface area contributed by atoms with Gasteiger partial charge in [-0.25, -0.2) is 4.79 Å². The van der Waals surface area contributed by atoms with Gasteiger partial charge in [0, 0.05) is 25.5 Å². The number of hydrogen-bond donors (Lipinski definition) is 11. The fourth-order valence-corrected chi connectivity index (χ4v) is 5.99. The maximum absolute atomic E-state index is 13.7. The third kappa shape index (κ3) is 17.7. The molecule has 54 heavy (non-hydrogen) atoms. The lowest BCUT2D eigenvalue weighted by molar-refractivity contribution is -0.142. The summed E-state index contributed by atoms with van der Waals surface area (Å²) < 4.78 is 0. The first-order valence-electron chi connectivity index (χ1n) is 17.5. The summed E-state index contributed by atoms with van der Waals surface area (Å²) in [6.07, 6.45) is 1.34. The predicted octanol–water partition coefficient (Wildman–Crippen LogP) is -1.24. The number of hydrogen-bond acceptors (Lipinski definition) is 11. The van der Waals surface area contributed by atoms with E-state index in [0.29, 0.717) is 0 Å². The van der Waals surface area contributed by atoms with Gasteiger partial charge in [0.25, 0.3) is 0 Å². The minimum atomic E-state index is -1.63. The zero-order valence-electron chi connectivity index (χ0n) is 30.4. The number of carboxylic acids is 4. The van der Waals surface area contributed by atoms with Crippen molar-refractivity contribution >= 4 is 71.9 Å². The molecule has 0 aromatic carbocycles. The molecule has 0 aromatic rings. The van der Waals surface area contributed by atoms with Crippen LogP contribution in [0, 0.1) is 11.8 Å². The minimum Gasteiger partial charge on any atom is -0.481 e. The van der Waals surface area contributed by atoms with E-state index in [1.807, 2.05) is 0 Å². The molecule has 6 atom stereocenters. The summed E-state index contributed by atoms with van der Waals surface area (Å²) in [7, 11) is 0. The molecule has 1 saturated carbocycles. The summed E-state index contributed by atoms with van der Waals surface area (Å²) in [5.74, 6) is -12.1. The Bertz CT molecular complexity index is 1370. The lowest BCUT2D eigenvalue weighted by atomic mass is 9.84. The molecule has 0 aliphatic heterocycles. The van der Waals surface area contributed by atoms with Crippen molar-refractivity contribution in [1.82, 2.24) is 31.9 Å². The van der Waals surface area contributed by atoms with E-state index in [1.54, 1.807) is 0 Å². The second-order valence-corrected chi connectivity index (χ2v) is 13.8. The van der Waals surface area contributed by atoms with Crippen LogP contribution in [0.4, 0.5) is 0 Å². The second-order valence-electron chi connectivity index (χ2n) is 13.5. The van der Waals surface area contributed by atoms with Gasteiger partial charge in [-0.3, -0.25) is 43.2 Å². The molecule has 0 saturated heterocycles. The second kappa shape index (κ2) is 23.7. The van der Waals surface area contributed by atoms with E-state index < -0.39 is 134 Å². The van der Waals surface area contributed by atoms with Gasteiger partial charge in [0.05, 0.1) is 6.42 Å². The van der Waals surface area contributed by atoms with Crippen LogP contribution in [0.5, 0.6) is 0 Å². The van der Waals surface area contributed by atoms with E-state index in [2.05, 4.69) is 44.5 Å². The lowest BCUT2D eigenvalue weighted by Crippen LogP contribution is -2.60. The van der Waals surface area contributed by atoms with Crippen molar-refractivity contribution in [3.8, 4) is 0 Å². The third-order valence-electron chi connectivity index (χ3n) is 8.60. The van der Waals surface area contributed by atoms with Gasteiger partial charge < -0.3 is 52.3 Å². The van der Waals surface area contributed by atoms with E-state index in [1.165, 1.54) is 13.8 Å². The van der Waals surface area contributed by atoms with Crippen molar-refractivity contribution in [2.45, 2.75) is 128 Å². The summed E-state index contributed by atoms with van der Waals surface area (Å²) in [5.41, 5.74) is 0. The predicted molar refractivity (Wildman–Crippen MR) is 191 cm³/mol. The Morgan fingerprint density at radius 1 is 0.574 bits per heavy atom. The Labute approximate surface area is 317 Å². The van der Waals surface area contributed by atoms with Crippen LogP contribution in [0.1, 0.15) is 91.4 Å². The van der Waals surface area contributed by atoms with Gasteiger partial charge >= 0.3 is 23.9 Å². The third-order valence-corrected chi connectivity index (χ3v) is 8.97. The van der Waals surface area contributed by atoms with Crippen LogP contribution in [0.2, 0.25) is 0 Å². The molecule has 6 amide bonds. The molecular weight excluding hydrogens is 736 g/mol. The average molecular weight is 789 g/mol. The maximum Gasteiger partial charge on any atom is 0.327 e. The number of thiol groups is 1. The highest BCUT2D eigenvalue weighted by atomic mass is 32.1. The Balaban J connectivity index is 3.32. The molecule has 0 spiro atoms. The largest absolute Gasteiger partial charge is 0.481 e. The van der Waals surface area contributed by atoms with Crippen molar-refractivity contribution in [3.05, 3.63) is 0 Å². The minimum absolute atomic E-state index is 0.00823. The average Bonchev–Trinajstić information content (AvgIpc) is 3.08. The van der Waals surface area contributed by atoms with E-state index in [4.69, 9.17) is 5.11 Å². The molecule has 0 bridgehead atoms. The molecule has 304 valence electrons. The number of rotatable bonds is 24. The van der Waals surface area contributed by atoms with E-state index in [0.717, 1.165) is 39.0 Å². The summed E-state index contributed by atoms with van der Waals surface area (Å²) in [6, 6.07) is -8.92. The van der Waals surface area contributed by atoms with Crippen LogP contribution in [-0.2, 0) is 47.9 Å². The molecule has 0 heterocycles. The van der Waals surface area contributed by atoms with Gasteiger partial charge in [-0.05, 0) is 31.1 Å². The van der Waals surface area contributed by atoms with Crippen LogP contribution < -0.4 is 31.9 Å². The molecule has 1 aliphatic carbocycles. The summed E-state index contributed by atoms with van der Waals surface area (Å²) in [4.78, 5) is 124. The Morgan fingerprint density at radius 3 is 1.46 bits per heavy atom. The molecule has 1 fully saturated rings. The number of carboxylic acid groups (broad SMARTS) is 4. The van der Waals surface area contributed by atoms with Gasteiger partial charge in [-0.2, -0.15) is 12.6 Å². The Hall–Kier alpha value is -4.95. The van der Waals surface area contributed by atoms with Gasteiger partial charge in [-0.15, -0.1) is 0 Å². The van der Waals surface area contributed by atoms with E-state index in [9.17, 15) is 63.3 Å². The van der Waals surface area contributed by atoms with Crippen molar-refractivity contribution < 1.29 is 68.4 Å². The van der Waals surface area contributed by atoms with Gasteiger partial charge in [-0.1, -0.05) is 46.0 Å². The number of carbonyl (C=O) groups is 10. The summed E-state index contributed by atoms with van der Waals surface area (Å²) in [6.45, 7) is 4.04. The number of amides is 6. The zero-order chi connectivity index (χ0) is 41.1. The molecule has 10 N–H and O–H groups in total. The smallest absolute Gasteiger partial charge is 0.327 e. The number of aliphatic carboxylic acids is 4. The fourth-order valence-electron chi connectivity index (χ4n) is 5.74. The van der Waals surface area contributed by atoms with Crippen LogP contribution in [-0.4, -0.2) is 122 Å². The topological polar surface area (TPSA) is 324 Å². The van der Waals surface area contributed by atoms with Gasteiger partial charge in [0.1, 0.15) is 36.3 Å². The van der Waals surface area contributed by atoms with Gasteiger partial charge in [0.2, 0.25) is 35.4 Å². The SMILES string of the molecule is CC(=O)N[C@@H](CC(=O)O)C(=O)N[C@@H](CCC(=O)O)C(=O)N[C@H](C(=O)N[C@@H](CCC(=O)O)C(=O)N[C@@H](CC1CCCCC1)C(=O)N[C@@H](CS)C(=O)O)C(C)C. The highest BCUT2D eigenvalue weighted by Crippen LogP contribution is 2.27. The molecule has 0 radical (unpaired) electrons. The number of nitrogens with one attached hydrogen (secondary N) is 6. The molecule has 1 rings (SSSR count). The first-order valence-corrected chi connectivity index (χ1v) is 18.2. The van der Waals surface area contributed by atoms with Crippen molar-refractivity contribution in [2.24, 2.45) is 11.8 Å². The quantitative estimate of drug-likeness (QED) is 0.0510. The molecule has 20 nitrogen and oxygen atoms in total. The standard InChI is InChI=1S/C33H52N6O14S/c1-16(2)27(39-29(48)20(10-12-25(43)44)35-31(50)22(14-26(45)46)34-17(3)40)32(51)36-19(9-11-24(41)42)28(47)37-21(13-18-7-5-4-6-8-18)30(49)38-23(15-54)33(52)53/h16,18-23,27,54H,4-15H2,1-3H3,(H,34,40)(H,35,50)(H,36,51)(H,37,47)(H,38,49)(H,39,48)(H,41,42)(H,43,44)(H,45,46)(H,52,53)/t19-,20-,21-,22-,23-,27-/m0/s1. The zero-order valence-corrected chi connectivity index (χ0v) is 31.3. The normalized spacial score (nSPS) is 16.2. The van der Waals surface area contributed by atoms with Crippen LogP contribution in [0.15, 0.2) is 0 Å².